The van der Waals surface area contributed by atoms with Gasteiger partial charge in [0.2, 0.25) is 0 Å². The van der Waals surface area contributed by atoms with E-state index in [1.807, 2.05) is 0 Å². The molecule has 4 atom stereocenters. The molecule has 0 aromatic carbocycles. The number of fused-ring (bicyclic) bond motifs is 1. The van der Waals surface area contributed by atoms with Crippen LogP contribution in [0.1, 0.15) is 40.0 Å². The van der Waals surface area contributed by atoms with Crippen molar-refractivity contribution in [3.8, 4) is 0 Å². The average molecular weight is 178 g/mol. The van der Waals surface area contributed by atoms with Crippen molar-refractivity contribution < 1.29 is 0 Å². The molecule has 0 bridgehead atoms. The van der Waals surface area contributed by atoms with Crippen molar-refractivity contribution in [1.82, 2.24) is 0 Å². The Morgan fingerprint density at radius 2 is 2.23 bits per heavy atom. The molecule has 2 saturated carbocycles. The highest BCUT2D eigenvalue weighted by Gasteiger charge is 2.58. The topological polar surface area (TPSA) is 0 Å². The Balaban J connectivity index is 1.86. The average Bonchev–Trinajstić information content (AvgIpc) is 1.99. The molecule has 2 aliphatic rings. The van der Waals surface area contributed by atoms with Crippen LogP contribution in [0.3, 0.4) is 0 Å². The molecule has 74 valence electrons. The maximum absolute atomic E-state index is 3.83. The summed E-state index contributed by atoms with van der Waals surface area (Å²) < 4.78 is 0. The van der Waals surface area contributed by atoms with E-state index in [1.54, 1.807) is 0 Å². The quantitative estimate of drug-likeness (QED) is 0.575. The Hall–Kier alpha value is -0.260. The van der Waals surface area contributed by atoms with Crippen LogP contribution < -0.4 is 0 Å². The molecule has 0 aromatic heterocycles. The highest BCUT2D eigenvalue weighted by atomic mass is 14.6. The first kappa shape index (κ1) is 9.30. The summed E-state index contributed by atoms with van der Waals surface area (Å²) in [5.74, 6) is 4.04. The highest BCUT2D eigenvalue weighted by Crippen LogP contribution is 2.66. The van der Waals surface area contributed by atoms with Crippen LogP contribution in [-0.2, 0) is 0 Å². The van der Waals surface area contributed by atoms with E-state index in [0.717, 1.165) is 23.7 Å². The molecule has 4 unspecified atom stereocenters. The van der Waals surface area contributed by atoms with Crippen molar-refractivity contribution >= 4 is 0 Å². The van der Waals surface area contributed by atoms with Gasteiger partial charge in [-0.25, -0.2) is 0 Å². The monoisotopic (exact) mass is 178 g/mol. The lowest BCUT2D eigenvalue weighted by molar-refractivity contribution is -0.157. The lowest BCUT2D eigenvalue weighted by Gasteiger charge is -2.65. The van der Waals surface area contributed by atoms with Gasteiger partial charge in [0.1, 0.15) is 0 Å². The van der Waals surface area contributed by atoms with Crippen molar-refractivity contribution in [2.24, 2.45) is 29.1 Å². The van der Waals surface area contributed by atoms with Crippen LogP contribution in [0.25, 0.3) is 0 Å². The van der Waals surface area contributed by atoms with Crippen LogP contribution in [0.5, 0.6) is 0 Å². The summed E-state index contributed by atoms with van der Waals surface area (Å²) in [7, 11) is 0. The molecule has 0 saturated heterocycles. The Morgan fingerprint density at radius 3 is 2.62 bits per heavy atom. The van der Waals surface area contributed by atoms with Gasteiger partial charge in [-0.1, -0.05) is 26.8 Å². The largest absolute Gasteiger partial charge is 0.103 e. The highest BCUT2D eigenvalue weighted by molar-refractivity contribution is 5.07. The molecule has 0 N–H and O–H groups in total. The Kier molecular flexibility index (Phi) is 2.05. The fraction of sp³-hybridized carbons (Fsp3) is 0.846. The molecule has 0 nitrogen and oxygen atoms in total. The first-order valence-electron chi connectivity index (χ1n) is 5.67. The summed E-state index contributed by atoms with van der Waals surface area (Å²) in [6, 6.07) is 0. The van der Waals surface area contributed by atoms with E-state index in [-0.39, 0.29) is 0 Å². The van der Waals surface area contributed by atoms with Gasteiger partial charge in [-0.3, -0.25) is 0 Å². The van der Waals surface area contributed by atoms with Crippen molar-refractivity contribution in [3.63, 3.8) is 0 Å². The summed E-state index contributed by atoms with van der Waals surface area (Å²) in [6.07, 6.45) is 6.27. The van der Waals surface area contributed by atoms with E-state index >= 15 is 0 Å². The second-order valence-corrected chi connectivity index (χ2v) is 5.86. The van der Waals surface area contributed by atoms with E-state index in [4.69, 9.17) is 0 Å². The zero-order valence-corrected chi connectivity index (χ0v) is 9.22. The van der Waals surface area contributed by atoms with Gasteiger partial charge in [0.05, 0.1) is 0 Å². The van der Waals surface area contributed by atoms with Crippen molar-refractivity contribution in [2.45, 2.75) is 40.0 Å². The Labute approximate surface area is 82.4 Å². The SMILES string of the molecule is C=CCC(C)C1CC2C1CC2(C)C. The zero-order chi connectivity index (χ0) is 9.64. The van der Waals surface area contributed by atoms with Gasteiger partial charge in [0.15, 0.2) is 0 Å². The smallest absolute Gasteiger partial charge is 0.0320 e. The first-order valence-corrected chi connectivity index (χ1v) is 5.67. The van der Waals surface area contributed by atoms with Gasteiger partial charge in [0.25, 0.3) is 0 Å². The maximum Gasteiger partial charge on any atom is -0.0320 e. The number of hydrogen-bond acceptors (Lipinski definition) is 0. The minimum atomic E-state index is 0.676. The molecule has 2 aliphatic carbocycles. The fourth-order valence-electron chi connectivity index (χ4n) is 3.63. The Morgan fingerprint density at radius 1 is 1.54 bits per heavy atom. The molecule has 0 heterocycles. The summed E-state index contributed by atoms with van der Waals surface area (Å²) >= 11 is 0. The molecule has 0 radical (unpaired) electrons. The van der Waals surface area contributed by atoms with Crippen LogP contribution in [0.15, 0.2) is 12.7 Å². The van der Waals surface area contributed by atoms with E-state index in [0.29, 0.717) is 5.41 Å². The summed E-state index contributed by atoms with van der Waals surface area (Å²) in [5.41, 5.74) is 0.676. The van der Waals surface area contributed by atoms with Crippen LogP contribution in [0.4, 0.5) is 0 Å². The lowest BCUT2D eigenvalue weighted by atomic mass is 9.40. The second-order valence-electron chi connectivity index (χ2n) is 5.86. The summed E-state index contributed by atoms with van der Waals surface area (Å²) in [6.45, 7) is 11.1. The van der Waals surface area contributed by atoms with Crippen LogP contribution in [0.2, 0.25) is 0 Å². The lowest BCUT2D eigenvalue weighted by Crippen LogP contribution is -2.57. The molecule has 0 spiro atoms. The van der Waals surface area contributed by atoms with Crippen LogP contribution >= 0.6 is 0 Å². The molecule has 0 amide bonds. The molecule has 0 aromatic rings. The minimum absolute atomic E-state index is 0.676. The predicted molar refractivity (Wildman–Crippen MR) is 57.5 cm³/mol. The van der Waals surface area contributed by atoms with Gasteiger partial charge in [-0.05, 0) is 48.3 Å². The van der Waals surface area contributed by atoms with Crippen LogP contribution in [-0.4, -0.2) is 0 Å². The molecule has 13 heavy (non-hydrogen) atoms. The first-order chi connectivity index (χ1) is 6.06. The summed E-state index contributed by atoms with van der Waals surface area (Å²) in [4.78, 5) is 0. The normalized spacial score (nSPS) is 42.5. The van der Waals surface area contributed by atoms with Gasteiger partial charge >= 0.3 is 0 Å². The molecule has 0 heteroatoms. The third-order valence-electron chi connectivity index (χ3n) is 4.63. The van der Waals surface area contributed by atoms with Gasteiger partial charge < -0.3 is 0 Å². The molecular formula is C13H22. The van der Waals surface area contributed by atoms with Crippen molar-refractivity contribution in [1.29, 1.82) is 0 Å². The Bertz CT molecular complexity index is 214. The maximum atomic E-state index is 3.83. The minimum Gasteiger partial charge on any atom is -0.103 e. The van der Waals surface area contributed by atoms with Gasteiger partial charge in [-0.2, -0.15) is 0 Å². The molecule has 2 rings (SSSR count). The molecule has 2 fully saturated rings. The van der Waals surface area contributed by atoms with E-state index in [9.17, 15) is 0 Å². The standard InChI is InChI=1S/C13H22/c1-5-6-9(2)10-7-12-11(10)8-13(12,3)4/h5,9-12H,1,6-8H2,2-4H3. The molecular weight excluding hydrogens is 156 g/mol. The van der Waals surface area contributed by atoms with E-state index in [2.05, 4.69) is 33.4 Å². The van der Waals surface area contributed by atoms with Gasteiger partial charge in [-0.15, -0.1) is 6.58 Å². The number of rotatable bonds is 3. The number of hydrogen-bond donors (Lipinski definition) is 0. The van der Waals surface area contributed by atoms with Crippen molar-refractivity contribution in [3.05, 3.63) is 12.7 Å². The fourth-order valence-corrected chi connectivity index (χ4v) is 3.63. The zero-order valence-electron chi connectivity index (χ0n) is 9.22. The summed E-state index contributed by atoms with van der Waals surface area (Å²) in [5, 5.41) is 0. The third-order valence-corrected chi connectivity index (χ3v) is 4.63. The number of allylic oxidation sites excluding steroid dienone is 1. The molecule has 0 aliphatic heterocycles. The van der Waals surface area contributed by atoms with Gasteiger partial charge in [0, 0.05) is 0 Å². The van der Waals surface area contributed by atoms with Crippen LogP contribution in [0, 0.1) is 29.1 Å². The van der Waals surface area contributed by atoms with E-state index in [1.165, 1.54) is 19.3 Å². The predicted octanol–water partition coefficient (Wildman–Crippen LogP) is 3.88. The third kappa shape index (κ3) is 1.26. The van der Waals surface area contributed by atoms with Crippen molar-refractivity contribution in [2.75, 3.05) is 0 Å². The second kappa shape index (κ2) is 2.87. The van der Waals surface area contributed by atoms with E-state index < -0.39 is 0 Å².